The van der Waals surface area contributed by atoms with Gasteiger partial charge in [-0.3, -0.25) is 9.11 Å². The van der Waals surface area contributed by atoms with Gasteiger partial charge in [0.15, 0.2) is 0 Å². The average Bonchev–Trinajstić information content (AvgIpc) is 2.24. The van der Waals surface area contributed by atoms with E-state index in [1.54, 1.807) is 0 Å². The van der Waals surface area contributed by atoms with Gasteiger partial charge in [0.1, 0.15) is 9.79 Å². The zero-order chi connectivity index (χ0) is 13.6. The van der Waals surface area contributed by atoms with E-state index in [0.29, 0.717) is 0 Å². The van der Waals surface area contributed by atoms with Gasteiger partial charge in [-0.25, -0.2) is 0 Å². The Bertz CT molecular complexity index is 755. The molecule has 0 unspecified atom stereocenters. The number of hydrogen-bond donors (Lipinski definition) is 2. The van der Waals surface area contributed by atoms with Gasteiger partial charge in [0.2, 0.25) is 0 Å². The second-order valence-electron chi connectivity index (χ2n) is 3.56. The van der Waals surface area contributed by atoms with E-state index in [-0.39, 0.29) is 40.3 Å². The molecule has 0 heterocycles. The maximum absolute atomic E-state index is 11.2. The van der Waals surface area contributed by atoms with Gasteiger partial charge in [-0.1, -0.05) is 24.3 Å². The summed E-state index contributed by atoms with van der Waals surface area (Å²) in [5, 5.41) is 0.0465. The van der Waals surface area contributed by atoms with Gasteiger partial charge in [-0.05, 0) is 12.1 Å². The van der Waals surface area contributed by atoms with Crippen LogP contribution in [0.4, 0.5) is 0 Å². The first kappa shape index (κ1) is 16.6. The van der Waals surface area contributed by atoms with Crippen LogP contribution >= 0.6 is 0 Å². The molecule has 6 nitrogen and oxygen atoms in total. The summed E-state index contributed by atoms with van der Waals surface area (Å²) in [6, 6.07) is 7.53. The molecule has 0 fully saturated rings. The van der Waals surface area contributed by atoms with Crippen molar-refractivity contribution in [2.45, 2.75) is 9.79 Å². The first-order valence-electron chi connectivity index (χ1n) is 4.68. The predicted molar refractivity (Wildman–Crippen MR) is 70.7 cm³/mol. The summed E-state index contributed by atoms with van der Waals surface area (Å²) in [4.78, 5) is -0.823. The molecule has 2 aromatic carbocycles. The molecular weight excluding hydrogens is 303 g/mol. The topological polar surface area (TPSA) is 109 Å². The Morgan fingerprint density at radius 3 is 1.26 bits per heavy atom. The number of fused-ring (bicyclic) bond motifs is 1. The molecule has 0 aliphatic rings. The van der Waals surface area contributed by atoms with E-state index in [1.165, 1.54) is 24.3 Å². The van der Waals surface area contributed by atoms with Crippen molar-refractivity contribution in [3.05, 3.63) is 36.4 Å². The third-order valence-corrected chi connectivity index (χ3v) is 4.22. The number of rotatable bonds is 2. The normalized spacial score (nSPS) is 12.1. The van der Waals surface area contributed by atoms with Gasteiger partial charge < -0.3 is 0 Å². The molecule has 0 radical (unpaired) electrons. The Balaban J connectivity index is 0.00000180. The molecule has 19 heavy (non-hydrogen) atoms. The van der Waals surface area contributed by atoms with E-state index < -0.39 is 30.0 Å². The van der Waals surface area contributed by atoms with Crippen molar-refractivity contribution in [2.75, 3.05) is 0 Å². The van der Waals surface area contributed by atoms with Crippen molar-refractivity contribution < 1.29 is 25.9 Å². The molecule has 0 aliphatic heterocycles. The van der Waals surface area contributed by atoms with Gasteiger partial charge in [-0.15, -0.1) is 0 Å². The molecule has 9 heteroatoms. The van der Waals surface area contributed by atoms with Gasteiger partial charge in [0, 0.05) is 10.8 Å². The minimum absolute atomic E-state index is 0. The second-order valence-corrected chi connectivity index (χ2v) is 6.34. The summed E-state index contributed by atoms with van der Waals surface area (Å²) < 4.78 is 62.7. The number of hydrogen-bond acceptors (Lipinski definition) is 4. The van der Waals surface area contributed by atoms with Gasteiger partial charge in [0.25, 0.3) is 20.2 Å². The Morgan fingerprint density at radius 1 is 0.684 bits per heavy atom. The van der Waals surface area contributed by atoms with Crippen LogP contribution < -0.4 is 0 Å². The Labute approximate surface area is 132 Å². The first-order valence-corrected chi connectivity index (χ1v) is 7.56. The molecule has 0 atom stereocenters. The van der Waals surface area contributed by atoms with Crippen LogP contribution in [0.15, 0.2) is 46.2 Å². The van der Waals surface area contributed by atoms with E-state index in [4.69, 9.17) is 9.11 Å². The molecule has 0 aliphatic carbocycles. The molecule has 0 saturated carbocycles. The standard InChI is InChI=1S/C10H8O6S2.Na.H/c11-17(12,13)9-5-1-3-7-8(9)4-2-6-10(7)18(14,15)16;;/h1-6H,(H,11,12,13)(H,14,15,16);;. The van der Waals surface area contributed by atoms with Crippen LogP contribution in [0.5, 0.6) is 0 Å². The number of benzene rings is 2. The molecule has 2 aromatic rings. The van der Waals surface area contributed by atoms with Crippen molar-refractivity contribution in [2.24, 2.45) is 0 Å². The van der Waals surface area contributed by atoms with Crippen molar-refractivity contribution >= 4 is 60.6 Å². The van der Waals surface area contributed by atoms with E-state index in [2.05, 4.69) is 0 Å². The van der Waals surface area contributed by atoms with Crippen molar-refractivity contribution in [1.29, 1.82) is 0 Å². The molecule has 2 rings (SSSR count). The van der Waals surface area contributed by atoms with E-state index in [9.17, 15) is 16.8 Å². The first-order chi connectivity index (χ1) is 8.21. The molecule has 0 bridgehead atoms. The van der Waals surface area contributed by atoms with Crippen LogP contribution in [0, 0.1) is 0 Å². The summed E-state index contributed by atoms with van der Waals surface area (Å²) in [7, 11) is -8.94. The zero-order valence-corrected chi connectivity index (χ0v) is 10.4. The summed E-state index contributed by atoms with van der Waals surface area (Å²) in [5.41, 5.74) is 0. The summed E-state index contributed by atoms with van der Waals surface area (Å²) in [6.07, 6.45) is 0. The van der Waals surface area contributed by atoms with E-state index in [0.717, 1.165) is 12.1 Å². The third-order valence-electron chi connectivity index (χ3n) is 2.40. The van der Waals surface area contributed by atoms with Crippen LogP contribution in [0.25, 0.3) is 10.8 Å². The zero-order valence-electron chi connectivity index (χ0n) is 8.81. The Morgan fingerprint density at radius 2 is 1.00 bits per heavy atom. The predicted octanol–water partition coefficient (Wildman–Crippen LogP) is 0.685. The van der Waals surface area contributed by atoms with Gasteiger partial charge in [0.05, 0.1) is 0 Å². The Hall–Kier alpha value is -0.480. The maximum atomic E-state index is 11.2. The SMILES string of the molecule is O=S(=O)(O)c1cccc2c(S(=O)(=O)O)cccc12.[NaH]. The fraction of sp³-hybridized carbons (Fsp3) is 0. The molecule has 0 spiro atoms. The quantitative estimate of drug-likeness (QED) is 0.623. The molecule has 0 aromatic heterocycles. The Kier molecular flexibility index (Phi) is 4.79. The van der Waals surface area contributed by atoms with Crippen LogP contribution in [-0.2, 0) is 20.2 Å². The second kappa shape index (κ2) is 5.49. The third kappa shape index (κ3) is 3.34. The summed E-state index contributed by atoms with van der Waals surface area (Å²) >= 11 is 0. The van der Waals surface area contributed by atoms with Crippen LogP contribution in [0.2, 0.25) is 0 Å². The van der Waals surface area contributed by atoms with E-state index >= 15 is 0 Å². The fourth-order valence-corrected chi connectivity index (χ4v) is 3.12. The minimum atomic E-state index is -4.47. The summed E-state index contributed by atoms with van der Waals surface area (Å²) in [5.74, 6) is 0. The summed E-state index contributed by atoms with van der Waals surface area (Å²) in [6.45, 7) is 0. The van der Waals surface area contributed by atoms with Crippen LogP contribution in [0.3, 0.4) is 0 Å². The molecule has 0 saturated heterocycles. The monoisotopic (exact) mass is 312 g/mol. The van der Waals surface area contributed by atoms with Crippen molar-refractivity contribution in [1.82, 2.24) is 0 Å². The average molecular weight is 312 g/mol. The molecule has 0 amide bonds. The van der Waals surface area contributed by atoms with Gasteiger partial charge in [-0.2, -0.15) is 16.8 Å². The van der Waals surface area contributed by atoms with Crippen molar-refractivity contribution in [3.63, 3.8) is 0 Å². The van der Waals surface area contributed by atoms with E-state index in [1.807, 2.05) is 0 Å². The molecule has 2 N–H and O–H groups in total. The molecular formula is C10H9NaO6S2. The fourth-order valence-electron chi connectivity index (χ4n) is 1.70. The van der Waals surface area contributed by atoms with Crippen LogP contribution in [0.1, 0.15) is 0 Å². The van der Waals surface area contributed by atoms with Crippen LogP contribution in [-0.4, -0.2) is 55.5 Å². The van der Waals surface area contributed by atoms with Crippen molar-refractivity contribution in [3.8, 4) is 0 Å². The molecule has 98 valence electrons. The van der Waals surface area contributed by atoms with Gasteiger partial charge >= 0.3 is 29.6 Å².